The van der Waals surface area contributed by atoms with Gasteiger partial charge in [-0.05, 0) is 0 Å². The fraction of sp³-hybridized carbons (Fsp3) is 0. The number of rotatable bonds is 2. The number of aromatic nitrogens is 2. The van der Waals surface area contributed by atoms with E-state index < -0.39 is 17.0 Å². The quantitative estimate of drug-likeness (QED) is 0.413. The summed E-state index contributed by atoms with van der Waals surface area (Å²) < 4.78 is 0. The first kappa shape index (κ1) is 10.2. The third kappa shape index (κ3) is 2.54. The number of nitrogens with zero attached hydrogens (tertiary/aromatic N) is 3. The molecule has 0 aromatic carbocycles. The van der Waals surface area contributed by atoms with Crippen molar-refractivity contribution in [3.8, 4) is 12.1 Å². The molecular weight excluding hydrogens is 200 g/mol. The smallest absolute Gasteiger partial charge is 0.312 e. The number of hydrogen-bond acceptors (Lipinski definition) is 6. The molecule has 74 valence electrons. The number of nitriles is 2. The number of aromatic amines is 2. The van der Waals surface area contributed by atoms with Crippen LogP contribution in [0.2, 0.25) is 0 Å². The molecule has 1 aromatic rings. The average Bonchev–Trinajstić information content (AvgIpc) is 2.22. The highest BCUT2D eigenvalue weighted by molar-refractivity contribution is 6.10. The summed E-state index contributed by atoms with van der Waals surface area (Å²) in [5.74, 6) is 0. The van der Waals surface area contributed by atoms with Crippen LogP contribution in [0.25, 0.3) is 0 Å². The number of hydrazone groups is 1. The predicted octanol–water partition coefficient (Wildman–Crippen LogP) is -1.12. The Hall–Kier alpha value is -2.87. The molecule has 0 bridgehead atoms. The second-order valence-corrected chi connectivity index (χ2v) is 2.28. The minimum Gasteiger partial charge on any atom is -0.312 e. The molecule has 0 aliphatic rings. The lowest BCUT2D eigenvalue weighted by molar-refractivity contribution is 1.03. The van der Waals surface area contributed by atoms with E-state index >= 15 is 0 Å². The SMILES string of the molecule is N#CC(C#N)=NNc1c[nH]c(=O)[nH]c1=O. The second kappa shape index (κ2) is 4.39. The van der Waals surface area contributed by atoms with Crippen molar-refractivity contribution in [2.75, 3.05) is 5.43 Å². The summed E-state index contributed by atoms with van der Waals surface area (Å²) in [4.78, 5) is 25.8. The fourth-order valence-corrected chi connectivity index (χ4v) is 0.684. The Bertz CT molecular complexity index is 565. The molecule has 3 N–H and O–H groups in total. The predicted molar refractivity (Wildman–Crippen MR) is 50.0 cm³/mol. The standard InChI is InChI=1S/C7H4N6O2/c8-1-4(2-9)12-13-5-3-10-7(15)11-6(5)14/h3,13H,(H2,10,11,14,15). The van der Waals surface area contributed by atoms with Crippen molar-refractivity contribution in [3.05, 3.63) is 27.0 Å². The first-order valence-electron chi connectivity index (χ1n) is 3.63. The van der Waals surface area contributed by atoms with Crippen LogP contribution in [0.3, 0.4) is 0 Å². The monoisotopic (exact) mass is 204 g/mol. The molecule has 0 aliphatic carbocycles. The van der Waals surface area contributed by atoms with Crippen molar-refractivity contribution >= 4 is 11.4 Å². The van der Waals surface area contributed by atoms with Crippen LogP contribution in [0.1, 0.15) is 0 Å². The van der Waals surface area contributed by atoms with E-state index in [9.17, 15) is 9.59 Å². The van der Waals surface area contributed by atoms with Gasteiger partial charge in [-0.3, -0.25) is 15.2 Å². The Balaban J connectivity index is 2.99. The summed E-state index contributed by atoms with van der Waals surface area (Å²) in [6, 6.07) is 2.99. The molecule has 8 nitrogen and oxygen atoms in total. The third-order valence-corrected chi connectivity index (χ3v) is 1.32. The number of H-pyrrole nitrogens is 2. The Morgan fingerprint density at radius 2 is 2.07 bits per heavy atom. The highest BCUT2D eigenvalue weighted by Crippen LogP contribution is 1.91. The van der Waals surface area contributed by atoms with Crippen LogP contribution in [0.4, 0.5) is 5.69 Å². The molecule has 1 heterocycles. The molecule has 15 heavy (non-hydrogen) atoms. The Morgan fingerprint density at radius 3 is 2.60 bits per heavy atom. The molecule has 0 spiro atoms. The maximum absolute atomic E-state index is 11.1. The largest absolute Gasteiger partial charge is 0.325 e. The van der Waals surface area contributed by atoms with E-state index in [-0.39, 0.29) is 5.69 Å². The maximum atomic E-state index is 11.1. The average molecular weight is 204 g/mol. The summed E-state index contributed by atoms with van der Waals surface area (Å²) >= 11 is 0. The highest BCUT2D eigenvalue weighted by atomic mass is 16.2. The van der Waals surface area contributed by atoms with Crippen LogP contribution in [0.15, 0.2) is 20.9 Å². The zero-order valence-corrected chi connectivity index (χ0v) is 7.24. The van der Waals surface area contributed by atoms with Crippen LogP contribution in [0, 0.1) is 22.7 Å². The van der Waals surface area contributed by atoms with Crippen LogP contribution in [-0.2, 0) is 0 Å². The van der Waals surface area contributed by atoms with Gasteiger partial charge < -0.3 is 4.98 Å². The minimum absolute atomic E-state index is 0.0717. The maximum Gasteiger partial charge on any atom is 0.325 e. The number of hydrogen-bond donors (Lipinski definition) is 3. The summed E-state index contributed by atoms with van der Waals surface area (Å²) in [7, 11) is 0. The molecule has 0 saturated carbocycles. The summed E-state index contributed by atoms with van der Waals surface area (Å²) in [5, 5.41) is 20.0. The lowest BCUT2D eigenvalue weighted by atomic mass is 10.5. The van der Waals surface area contributed by atoms with E-state index in [0.717, 1.165) is 6.20 Å². The van der Waals surface area contributed by atoms with Gasteiger partial charge in [-0.2, -0.15) is 15.6 Å². The van der Waals surface area contributed by atoms with E-state index in [1.54, 1.807) is 0 Å². The van der Waals surface area contributed by atoms with E-state index in [2.05, 4.69) is 15.5 Å². The van der Waals surface area contributed by atoms with Gasteiger partial charge >= 0.3 is 5.69 Å². The molecule has 1 aromatic heterocycles. The normalized spacial score (nSPS) is 8.40. The van der Waals surface area contributed by atoms with Crippen molar-refractivity contribution in [2.45, 2.75) is 0 Å². The van der Waals surface area contributed by atoms with Crippen molar-refractivity contribution in [3.63, 3.8) is 0 Å². The molecule has 0 radical (unpaired) electrons. The van der Waals surface area contributed by atoms with Gasteiger partial charge in [0.2, 0.25) is 5.71 Å². The molecule has 1 rings (SSSR count). The number of anilines is 1. The van der Waals surface area contributed by atoms with Crippen LogP contribution < -0.4 is 16.7 Å². The van der Waals surface area contributed by atoms with Crippen molar-refractivity contribution in [1.29, 1.82) is 10.5 Å². The van der Waals surface area contributed by atoms with Gasteiger partial charge in [0.1, 0.15) is 17.8 Å². The molecule has 0 unspecified atom stereocenters. The Morgan fingerprint density at radius 1 is 1.40 bits per heavy atom. The van der Waals surface area contributed by atoms with Crippen molar-refractivity contribution in [1.82, 2.24) is 9.97 Å². The summed E-state index contributed by atoms with van der Waals surface area (Å²) in [5.41, 5.74) is 0.316. The van der Waals surface area contributed by atoms with E-state index in [4.69, 9.17) is 10.5 Å². The molecule has 0 aliphatic heterocycles. The molecule has 0 saturated heterocycles. The molecule has 0 amide bonds. The number of nitrogens with one attached hydrogen (secondary N) is 3. The van der Waals surface area contributed by atoms with Crippen molar-refractivity contribution in [2.24, 2.45) is 5.10 Å². The lowest BCUT2D eigenvalue weighted by Gasteiger charge is -1.95. The second-order valence-electron chi connectivity index (χ2n) is 2.28. The lowest BCUT2D eigenvalue weighted by Crippen LogP contribution is -2.23. The van der Waals surface area contributed by atoms with Gasteiger partial charge in [-0.15, -0.1) is 0 Å². The topological polar surface area (TPSA) is 138 Å². The van der Waals surface area contributed by atoms with Crippen LogP contribution in [-0.4, -0.2) is 15.7 Å². The van der Waals surface area contributed by atoms with Crippen LogP contribution >= 0.6 is 0 Å². The summed E-state index contributed by atoms with van der Waals surface area (Å²) in [6.45, 7) is 0. The fourth-order valence-electron chi connectivity index (χ4n) is 0.684. The molecule has 8 heteroatoms. The van der Waals surface area contributed by atoms with Gasteiger partial charge in [-0.1, -0.05) is 0 Å². The first-order valence-corrected chi connectivity index (χ1v) is 3.63. The van der Waals surface area contributed by atoms with Crippen molar-refractivity contribution < 1.29 is 0 Å². The molecule has 0 atom stereocenters. The molecular formula is C7H4N6O2. The van der Waals surface area contributed by atoms with E-state index in [0.29, 0.717) is 0 Å². The zero-order valence-electron chi connectivity index (χ0n) is 7.24. The zero-order chi connectivity index (χ0) is 11.3. The Labute approximate surface area is 82.5 Å². The van der Waals surface area contributed by atoms with Gasteiger partial charge in [-0.25, -0.2) is 4.79 Å². The van der Waals surface area contributed by atoms with E-state index in [1.807, 2.05) is 4.98 Å². The Kier molecular flexibility index (Phi) is 2.99. The van der Waals surface area contributed by atoms with Crippen LogP contribution in [0.5, 0.6) is 0 Å². The van der Waals surface area contributed by atoms with Gasteiger partial charge in [0.05, 0.1) is 0 Å². The first-order chi connectivity index (χ1) is 7.17. The molecule has 0 fully saturated rings. The van der Waals surface area contributed by atoms with Gasteiger partial charge in [0, 0.05) is 6.20 Å². The van der Waals surface area contributed by atoms with E-state index in [1.165, 1.54) is 12.1 Å². The highest BCUT2D eigenvalue weighted by Gasteiger charge is 1.99. The summed E-state index contributed by atoms with van der Waals surface area (Å²) in [6.07, 6.45) is 1.08. The minimum atomic E-state index is -0.697. The van der Waals surface area contributed by atoms with Gasteiger partial charge in [0.25, 0.3) is 5.56 Å². The third-order valence-electron chi connectivity index (χ3n) is 1.32. The van der Waals surface area contributed by atoms with Gasteiger partial charge in [0.15, 0.2) is 0 Å².